The fraction of sp³-hybridized carbons (Fsp3) is 0.500. The third-order valence-corrected chi connectivity index (χ3v) is 7.39. The van der Waals surface area contributed by atoms with Crippen molar-refractivity contribution in [3.8, 4) is 5.75 Å². The van der Waals surface area contributed by atoms with E-state index in [9.17, 15) is 9.59 Å². The third kappa shape index (κ3) is 8.90. The average molecular weight is 521 g/mol. The van der Waals surface area contributed by atoms with Crippen molar-refractivity contribution < 1.29 is 28.5 Å². The Hall–Kier alpha value is -2.80. The summed E-state index contributed by atoms with van der Waals surface area (Å²) >= 11 is 0. The van der Waals surface area contributed by atoms with Gasteiger partial charge < -0.3 is 18.9 Å². The number of rotatable bonds is 12. The number of carbonyl (C=O) groups excluding carboxylic acids is 2. The monoisotopic (exact) mass is 520 g/mol. The summed E-state index contributed by atoms with van der Waals surface area (Å²) in [6.07, 6.45) is 5.98. The van der Waals surface area contributed by atoms with E-state index in [2.05, 4.69) is 13.5 Å². The van der Waals surface area contributed by atoms with E-state index in [1.165, 1.54) is 0 Å². The average Bonchev–Trinajstić information content (AvgIpc) is 2.90. The standard InChI is InChI=1S/C32H40O6/c1-3-10-26-16-15-23(2)31(37-26)18-25(33)17-29-19-28(35-22-24-11-6-4-7-12-24)20-30(36-29)21-32(34)38-27-13-8-5-9-14-27/h3-9,11-14,23,26,28-31H,1,10,15-22H2,2H3/t23-,26+,28-,29+,30+,31+/m0/s1. The van der Waals surface area contributed by atoms with E-state index in [-0.39, 0.29) is 55.1 Å². The lowest BCUT2D eigenvalue weighted by Gasteiger charge is -2.36. The minimum Gasteiger partial charge on any atom is -0.426 e. The molecule has 6 nitrogen and oxygen atoms in total. The molecule has 2 aliphatic heterocycles. The summed E-state index contributed by atoms with van der Waals surface area (Å²) < 4.78 is 24.2. The van der Waals surface area contributed by atoms with E-state index in [0.717, 1.165) is 24.8 Å². The predicted octanol–water partition coefficient (Wildman–Crippen LogP) is 6.22. The van der Waals surface area contributed by atoms with Gasteiger partial charge in [-0.1, -0.05) is 61.5 Å². The Morgan fingerprint density at radius 1 is 0.895 bits per heavy atom. The van der Waals surface area contributed by atoms with Gasteiger partial charge in [-0.25, -0.2) is 0 Å². The fourth-order valence-corrected chi connectivity index (χ4v) is 5.36. The van der Waals surface area contributed by atoms with Crippen LogP contribution in [0, 0.1) is 5.92 Å². The van der Waals surface area contributed by atoms with Gasteiger partial charge in [-0.15, -0.1) is 6.58 Å². The van der Waals surface area contributed by atoms with E-state index in [4.69, 9.17) is 18.9 Å². The zero-order valence-electron chi connectivity index (χ0n) is 22.3. The first-order valence-electron chi connectivity index (χ1n) is 13.8. The molecule has 0 amide bonds. The normalized spacial score (nSPS) is 27.4. The highest BCUT2D eigenvalue weighted by atomic mass is 16.5. The molecule has 0 spiro atoms. The summed E-state index contributed by atoms with van der Waals surface area (Å²) in [6.45, 7) is 6.45. The lowest BCUT2D eigenvalue weighted by molar-refractivity contribution is -0.152. The first-order valence-corrected chi connectivity index (χ1v) is 13.8. The molecule has 0 saturated carbocycles. The Morgan fingerprint density at radius 3 is 2.29 bits per heavy atom. The van der Waals surface area contributed by atoms with Crippen molar-refractivity contribution in [3.05, 3.63) is 78.9 Å². The van der Waals surface area contributed by atoms with Crippen molar-refractivity contribution in [2.45, 2.75) is 95.4 Å². The van der Waals surface area contributed by atoms with Gasteiger partial charge in [0, 0.05) is 25.7 Å². The van der Waals surface area contributed by atoms with Crippen molar-refractivity contribution in [2.24, 2.45) is 5.92 Å². The smallest absolute Gasteiger partial charge is 0.313 e. The second-order valence-corrected chi connectivity index (χ2v) is 10.6. The zero-order chi connectivity index (χ0) is 26.7. The Labute approximate surface area is 226 Å². The number of ether oxygens (including phenoxy) is 4. The van der Waals surface area contributed by atoms with Gasteiger partial charge in [-0.3, -0.25) is 9.59 Å². The highest BCUT2D eigenvalue weighted by Crippen LogP contribution is 2.31. The van der Waals surface area contributed by atoms with Crippen LogP contribution < -0.4 is 4.74 Å². The van der Waals surface area contributed by atoms with Crippen molar-refractivity contribution in [2.75, 3.05) is 0 Å². The van der Waals surface area contributed by atoms with E-state index in [0.29, 0.717) is 37.5 Å². The van der Waals surface area contributed by atoms with Crippen molar-refractivity contribution >= 4 is 11.8 Å². The minimum absolute atomic E-state index is 0.0773. The first-order chi connectivity index (χ1) is 18.5. The number of Topliss-reactive ketones (excluding diaryl/α,β-unsaturated/α-hetero) is 1. The molecule has 0 radical (unpaired) electrons. The van der Waals surface area contributed by atoms with Gasteiger partial charge >= 0.3 is 5.97 Å². The molecule has 38 heavy (non-hydrogen) atoms. The zero-order valence-corrected chi connectivity index (χ0v) is 22.3. The molecular formula is C32H40O6. The van der Waals surface area contributed by atoms with Crippen LogP contribution in [0.1, 0.15) is 63.9 Å². The highest BCUT2D eigenvalue weighted by molar-refractivity contribution is 5.79. The van der Waals surface area contributed by atoms with Crippen LogP contribution >= 0.6 is 0 Å². The highest BCUT2D eigenvalue weighted by Gasteiger charge is 2.35. The Morgan fingerprint density at radius 2 is 1.58 bits per heavy atom. The van der Waals surface area contributed by atoms with Crippen LogP contribution in [0.2, 0.25) is 0 Å². The summed E-state index contributed by atoms with van der Waals surface area (Å²) in [5.74, 6) is 0.621. The van der Waals surface area contributed by atoms with Crippen LogP contribution in [-0.2, 0) is 30.4 Å². The molecule has 2 aromatic carbocycles. The summed E-state index contributed by atoms with van der Waals surface area (Å²) in [5.41, 5.74) is 1.09. The number of esters is 1. The first kappa shape index (κ1) is 28.2. The molecule has 6 heteroatoms. The molecule has 2 heterocycles. The lowest BCUT2D eigenvalue weighted by atomic mass is 9.88. The third-order valence-electron chi connectivity index (χ3n) is 7.39. The molecule has 0 aliphatic carbocycles. The number of carbonyl (C=O) groups is 2. The summed E-state index contributed by atoms with van der Waals surface area (Å²) in [7, 11) is 0. The van der Waals surface area contributed by atoms with E-state index < -0.39 is 0 Å². The molecule has 0 bridgehead atoms. The number of para-hydroxylation sites is 1. The molecular weight excluding hydrogens is 480 g/mol. The molecule has 2 fully saturated rings. The van der Waals surface area contributed by atoms with Crippen LogP contribution in [0.5, 0.6) is 5.75 Å². The van der Waals surface area contributed by atoms with Gasteiger partial charge in [0.1, 0.15) is 11.5 Å². The van der Waals surface area contributed by atoms with Gasteiger partial charge in [0.15, 0.2) is 0 Å². The number of benzene rings is 2. The maximum Gasteiger partial charge on any atom is 0.313 e. The molecule has 2 aliphatic rings. The Kier molecular flexibility index (Phi) is 10.7. The number of hydrogen-bond acceptors (Lipinski definition) is 6. The molecule has 0 unspecified atom stereocenters. The van der Waals surface area contributed by atoms with Crippen LogP contribution in [0.25, 0.3) is 0 Å². The predicted molar refractivity (Wildman–Crippen MR) is 146 cm³/mol. The molecule has 4 rings (SSSR count). The quantitative estimate of drug-likeness (QED) is 0.188. The van der Waals surface area contributed by atoms with E-state index in [1.807, 2.05) is 54.6 Å². The Bertz CT molecular complexity index is 1020. The van der Waals surface area contributed by atoms with Crippen molar-refractivity contribution in [1.82, 2.24) is 0 Å². The maximum absolute atomic E-state index is 13.1. The molecule has 2 saturated heterocycles. The molecule has 204 valence electrons. The van der Waals surface area contributed by atoms with Gasteiger partial charge in [0.25, 0.3) is 0 Å². The van der Waals surface area contributed by atoms with Crippen LogP contribution in [-0.4, -0.2) is 42.3 Å². The lowest BCUT2D eigenvalue weighted by Crippen LogP contribution is -2.40. The largest absolute Gasteiger partial charge is 0.426 e. The second kappa shape index (κ2) is 14.4. The molecule has 0 aromatic heterocycles. The Balaban J connectivity index is 1.35. The summed E-state index contributed by atoms with van der Waals surface area (Å²) in [5, 5.41) is 0. The van der Waals surface area contributed by atoms with Gasteiger partial charge in [-0.2, -0.15) is 0 Å². The van der Waals surface area contributed by atoms with Gasteiger partial charge in [0.05, 0.1) is 43.5 Å². The van der Waals surface area contributed by atoms with Crippen LogP contribution in [0.3, 0.4) is 0 Å². The van der Waals surface area contributed by atoms with E-state index in [1.54, 1.807) is 12.1 Å². The van der Waals surface area contributed by atoms with Gasteiger partial charge in [-0.05, 0) is 42.9 Å². The van der Waals surface area contributed by atoms with Crippen LogP contribution in [0.15, 0.2) is 73.3 Å². The fourth-order valence-electron chi connectivity index (χ4n) is 5.36. The van der Waals surface area contributed by atoms with Crippen molar-refractivity contribution in [1.29, 1.82) is 0 Å². The molecule has 6 atom stereocenters. The van der Waals surface area contributed by atoms with Gasteiger partial charge in [0.2, 0.25) is 0 Å². The minimum atomic E-state index is -0.375. The summed E-state index contributed by atoms with van der Waals surface area (Å²) in [4.78, 5) is 25.8. The van der Waals surface area contributed by atoms with Crippen molar-refractivity contribution in [3.63, 3.8) is 0 Å². The SMILES string of the molecule is C=CC[C@@H]1CC[C@H](C)[C@@H](CC(=O)C[C@@H]2C[C@H](OCc3ccccc3)C[C@H](CC(=O)Oc3ccccc3)O2)O1. The number of hydrogen-bond donors (Lipinski definition) is 0. The molecule has 2 aromatic rings. The topological polar surface area (TPSA) is 71.1 Å². The maximum atomic E-state index is 13.1. The molecule has 0 N–H and O–H groups in total. The second-order valence-electron chi connectivity index (χ2n) is 10.6. The van der Waals surface area contributed by atoms with E-state index >= 15 is 0 Å². The van der Waals surface area contributed by atoms with Crippen LogP contribution in [0.4, 0.5) is 0 Å². The number of ketones is 1. The summed E-state index contributed by atoms with van der Waals surface area (Å²) in [6, 6.07) is 19.0.